The van der Waals surface area contributed by atoms with E-state index >= 15 is 0 Å². The first kappa shape index (κ1) is 14.4. The largest absolute Gasteiger partial charge is 0.497 e. The standard InChI is InChI=1S/C13H19FN2O2/c1-9(13(17)16(2)3)15-8-10-5-6-11(18-4)7-12(10)14/h5-7,9,15H,8H2,1-4H3. The highest BCUT2D eigenvalue weighted by molar-refractivity contribution is 5.80. The normalized spacial score (nSPS) is 12.1. The molecule has 0 aromatic heterocycles. The summed E-state index contributed by atoms with van der Waals surface area (Å²) in [7, 11) is 4.87. The summed E-state index contributed by atoms with van der Waals surface area (Å²) in [6.07, 6.45) is 0. The third-order valence-electron chi connectivity index (χ3n) is 2.67. The van der Waals surface area contributed by atoms with Crippen LogP contribution in [0.25, 0.3) is 0 Å². The summed E-state index contributed by atoms with van der Waals surface area (Å²) >= 11 is 0. The highest BCUT2D eigenvalue weighted by Gasteiger charge is 2.14. The summed E-state index contributed by atoms with van der Waals surface area (Å²) in [6, 6.07) is 4.32. The van der Waals surface area contributed by atoms with E-state index in [1.165, 1.54) is 18.1 Å². The Bertz CT molecular complexity index is 421. The van der Waals surface area contributed by atoms with Crippen LogP contribution < -0.4 is 10.1 Å². The van der Waals surface area contributed by atoms with Crippen molar-refractivity contribution in [3.05, 3.63) is 29.6 Å². The molecule has 1 aromatic rings. The number of amides is 1. The van der Waals surface area contributed by atoms with E-state index in [0.717, 1.165) is 0 Å². The number of carbonyl (C=O) groups is 1. The van der Waals surface area contributed by atoms with E-state index in [-0.39, 0.29) is 17.8 Å². The maximum absolute atomic E-state index is 13.6. The van der Waals surface area contributed by atoms with Gasteiger partial charge in [-0.1, -0.05) is 6.07 Å². The highest BCUT2D eigenvalue weighted by Crippen LogP contribution is 2.16. The Morgan fingerprint density at radius 3 is 2.67 bits per heavy atom. The van der Waals surface area contributed by atoms with Gasteiger partial charge in [0.2, 0.25) is 5.91 Å². The molecule has 0 saturated heterocycles. The minimum Gasteiger partial charge on any atom is -0.497 e. The third-order valence-corrected chi connectivity index (χ3v) is 2.67. The van der Waals surface area contributed by atoms with Gasteiger partial charge in [-0.3, -0.25) is 4.79 Å². The zero-order valence-electron chi connectivity index (χ0n) is 11.2. The lowest BCUT2D eigenvalue weighted by Crippen LogP contribution is -2.41. The van der Waals surface area contributed by atoms with Crippen LogP contribution in [0.3, 0.4) is 0 Å². The molecule has 1 rings (SSSR count). The van der Waals surface area contributed by atoms with E-state index in [1.54, 1.807) is 33.2 Å². The summed E-state index contributed by atoms with van der Waals surface area (Å²) in [5, 5.41) is 2.99. The quantitative estimate of drug-likeness (QED) is 0.863. The van der Waals surface area contributed by atoms with Crippen LogP contribution in [0.5, 0.6) is 5.75 Å². The van der Waals surface area contributed by atoms with Crippen LogP contribution in [-0.2, 0) is 11.3 Å². The Labute approximate surface area is 107 Å². The number of likely N-dealkylation sites (N-methyl/N-ethyl adjacent to an activating group) is 1. The lowest BCUT2D eigenvalue weighted by molar-refractivity contribution is -0.130. The molecule has 1 aromatic carbocycles. The fourth-order valence-corrected chi connectivity index (χ4v) is 1.54. The molecule has 0 saturated carbocycles. The van der Waals surface area contributed by atoms with E-state index in [2.05, 4.69) is 5.32 Å². The predicted octanol–water partition coefficient (Wildman–Crippen LogP) is 1.40. The van der Waals surface area contributed by atoms with Crippen molar-refractivity contribution in [3.63, 3.8) is 0 Å². The molecule has 0 aliphatic carbocycles. The van der Waals surface area contributed by atoms with Crippen molar-refractivity contribution in [1.82, 2.24) is 10.2 Å². The summed E-state index contributed by atoms with van der Waals surface area (Å²) < 4.78 is 18.6. The summed E-state index contributed by atoms with van der Waals surface area (Å²) in [4.78, 5) is 13.1. The molecule has 1 unspecified atom stereocenters. The number of carbonyl (C=O) groups excluding carboxylic acids is 1. The monoisotopic (exact) mass is 254 g/mol. The van der Waals surface area contributed by atoms with Gasteiger partial charge in [-0.2, -0.15) is 0 Å². The molecular formula is C13H19FN2O2. The van der Waals surface area contributed by atoms with Crippen LogP contribution in [0.15, 0.2) is 18.2 Å². The number of rotatable bonds is 5. The number of methoxy groups -OCH3 is 1. The van der Waals surface area contributed by atoms with Crippen molar-refractivity contribution < 1.29 is 13.9 Å². The summed E-state index contributed by atoms with van der Waals surface area (Å²) in [5.74, 6) is 0.101. The van der Waals surface area contributed by atoms with Gasteiger partial charge in [0.05, 0.1) is 13.2 Å². The second-order valence-corrected chi connectivity index (χ2v) is 4.29. The van der Waals surface area contributed by atoms with Gasteiger partial charge in [0, 0.05) is 32.3 Å². The van der Waals surface area contributed by atoms with Crippen molar-refractivity contribution >= 4 is 5.91 Å². The number of benzene rings is 1. The van der Waals surface area contributed by atoms with Gasteiger partial charge in [-0.15, -0.1) is 0 Å². The Morgan fingerprint density at radius 1 is 1.50 bits per heavy atom. The highest BCUT2D eigenvalue weighted by atomic mass is 19.1. The van der Waals surface area contributed by atoms with Gasteiger partial charge in [0.1, 0.15) is 11.6 Å². The van der Waals surface area contributed by atoms with Crippen LogP contribution in [0.2, 0.25) is 0 Å². The number of ether oxygens (including phenoxy) is 1. The topological polar surface area (TPSA) is 41.6 Å². The molecule has 0 heterocycles. The molecule has 5 heteroatoms. The molecule has 0 aliphatic heterocycles. The molecule has 1 atom stereocenters. The predicted molar refractivity (Wildman–Crippen MR) is 67.9 cm³/mol. The second-order valence-electron chi connectivity index (χ2n) is 4.29. The van der Waals surface area contributed by atoms with Crippen molar-refractivity contribution in [1.29, 1.82) is 0 Å². The van der Waals surface area contributed by atoms with Gasteiger partial charge in [0.25, 0.3) is 0 Å². The molecule has 1 N–H and O–H groups in total. The van der Waals surface area contributed by atoms with Crippen LogP contribution in [0.4, 0.5) is 4.39 Å². The fourth-order valence-electron chi connectivity index (χ4n) is 1.54. The van der Waals surface area contributed by atoms with E-state index in [1.807, 2.05) is 0 Å². The van der Waals surface area contributed by atoms with Crippen molar-refractivity contribution in [2.45, 2.75) is 19.5 Å². The maximum atomic E-state index is 13.6. The molecule has 18 heavy (non-hydrogen) atoms. The fraction of sp³-hybridized carbons (Fsp3) is 0.462. The lowest BCUT2D eigenvalue weighted by atomic mass is 10.2. The van der Waals surface area contributed by atoms with Gasteiger partial charge in [-0.05, 0) is 13.0 Å². The van der Waals surface area contributed by atoms with Crippen molar-refractivity contribution in [2.75, 3.05) is 21.2 Å². The van der Waals surface area contributed by atoms with Gasteiger partial charge in [0.15, 0.2) is 0 Å². The molecule has 0 spiro atoms. The minimum atomic E-state index is -0.346. The van der Waals surface area contributed by atoms with Crippen LogP contribution in [0.1, 0.15) is 12.5 Å². The first-order valence-corrected chi connectivity index (χ1v) is 5.72. The smallest absolute Gasteiger partial charge is 0.238 e. The van der Waals surface area contributed by atoms with E-state index in [9.17, 15) is 9.18 Å². The molecule has 0 bridgehead atoms. The zero-order valence-corrected chi connectivity index (χ0v) is 11.2. The molecule has 4 nitrogen and oxygen atoms in total. The number of nitrogens with one attached hydrogen (secondary N) is 1. The zero-order chi connectivity index (χ0) is 13.7. The van der Waals surface area contributed by atoms with Crippen LogP contribution in [-0.4, -0.2) is 38.1 Å². The van der Waals surface area contributed by atoms with Crippen molar-refractivity contribution in [3.8, 4) is 5.75 Å². The lowest BCUT2D eigenvalue weighted by Gasteiger charge is -2.18. The third kappa shape index (κ3) is 3.70. The molecule has 0 radical (unpaired) electrons. The summed E-state index contributed by atoms with van der Waals surface area (Å²) in [5.41, 5.74) is 0.509. The van der Waals surface area contributed by atoms with Gasteiger partial charge < -0.3 is 15.0 Å². The second kappa shape index (κ2) is 6.35. The summed E-state index contributed by atoms with van der Waals surface area (Å²) in [6.45, 7) is 2.06. The first-order chi connectivity index (χ1) is 8.45. The number of halogens is 1. The first-order valence-electron chi connectivity index (χ1n) is 5.72. The minimum absolute atomic E-state index is 0.0380. The molecule has 0 aliphatic rings. The van der Waals surface area contributed by atoms with Crippen LogP contribution >= 0.6 is 0 Å². The van der Waals surface area contributed by atoms with E-state index in [0.29, 0.717) is 17.9 Å². The maximum Gasteiger partial charge on any atom is 0.238 e. The average molecular weight is 254 g/mol. The SMILES string of the molecule is COc1ccc(CNC(C)C(=O)N(C)C)c(F)c1. The Balaban J connectivity index is 2.61. The van der Waals surface area contributed by atoms with E-state index in [4.69, 9.17) is 4.74 Å². The molecule has 0 fully saturated rings. The van der Waals surface area contributed by atoms with Gasteiger partial charge in [-0.25, -0.2) is 4.39 Å². The Hall–Kier alpha value is -1.62. The number of hydrogen-bond acceptors (Lipinski definition) is 3. The van der Waals surface area contributed by atoms with E-state index < -0.39 is 0 Å². The molecule has 1 amide bonds. The Morgan fingerprint density at radius 2 is 2.17 bits per heavy atom. The average Bonchev–Trinajstić information content (AvgIpc) is 2.35. The van der Waals surface area contributed by atoms with Crippen LogP contribution in [0, 0.1) is 5.82 Å². The van der Waals surface area contributed by atoms with Gasteiger partial charge >= 0.3 is 0 Å². The molecule has 100 valence electrons. The number of nitrogens with zero attached hydrogens (tertiary/aromatic N) is 1. The molecular weight excluding hydrogens is 235 g/mol. The Kier molecular flexibility index (Phi) is 5.09. The number of hydrogen-bond donors (Lipinski definition) is 1. The van der Waals surface area contributed by atoms with Crippen molar-refractivity contribution in [2.24, 2.45) is 0 Å².